The number of aromatic nitrogens is 3. The van der Waals surface area contributed by atoms with Crippen molar-refractivity contribution < 1.29 is 8.42 Å². The van der Waals surface area contributed by atoms with E-state index in [0.717, 1.165) is 5.56 Å². The van der Waals surface area contributed by atoms with E-state index in [9.17, 15) is 8.42 Å². The van der Waals surface area contributed by atoms with Gasteiger partial charge in [-0.15, -0.1) is 0 Å². The minimum atomic E-state index is -3.56. The predicted molar refractivity (Wildman–Crippen MR) is 69.5 cm³/mol. The molecule has 0 aliphatic rings. The molecule has 0 atom stereocenters. The summed E-state index contributed by atoms with van der Waals surface area (Å²) in [5.74, 6) is 0. The maximum absolute atomic E-state index is 12.0. The zero-order chi connectivity index (χ0) is 13.7. The van der Waals surface area contributed by atoms with Gasteiger partial charge in [0.2, 0.25) is 10.0 Å². The van der Waals surface area contributed by atoms with Crippen LogP contribution in [-0.4, -0.2) is 29.7 Å². The molecule has 0 aliphatic heterocycles. The van der Waals surface area contributed by atoms with Crippen molar-refractivity contribution in [1.29, 1.82) is 0 Å². The summed E-state index contributed by atoms with van der Waals surface area (Å²) in [6.45, 7) is 1.08. The molecule has 8 heteroatoms. The van der Waals surface area contributed by atoms with Crippen molar-refractivity contribution in [2.75, 3.05) is 6.54 Å². The van der Waals surface area contributed by atoms with Gasteiger partial charge in [-0.3, -0.25) is 9.67 Å². The van der Waals surface area contributed by atoms with Gasteiger partial charge in [-0.2, -0.15) is 5.10 Å². The third-order valence-electron chi connectivity index (χ3n) is 2.47. The molecule has 7 nitrogen and oxygen atoms in total. The fraction of sp³-hybridized carbons (Fsp3) is 0.273. The first-order chi connectivity index (χ1) is 9.12. The van der Waals surface area contributed by atoms with Crippen molar-refractivity contribution in [2.45, 2.75) is 18.0 Å². The van der Waals surface area contributed by atoms with Crippen LogP contribution < -0.4 is 10.5 Å². The Morgan fingerprint density at radius 3 is 2.89 bits per heavy atom. The molecule has 0 radical (unpaired) electrons. The van der Waals surface area contributed by atoms with E-state index in [2.05, 4.69) is 14.8 Å². The molecule has 0 aliphatic carbocycles. The maximum Gasteiger partial charge on any atom is 0.243 e. The topological polar surface area (TPSA) is 103 Å². The number of nitrogens with two attached hydrogens (primary N) is 1. The summed E-state index contributed by atoms with van der Waals surface area (Å²) in [4.78, 5) is 4.05. The summed E-state index contributed by atoms with van der Waals surface area (Å²) in [5, 5.41) is 3.93. The second kappa shape index (κ2) is 5.91. The predicted octanol–water partition coefficient (Wildman–Crippen LogP) is -0.285. The lowest BCUT2D eigenvalue weighted by Crippen LogP contribution is -2.23. The average molecular weight is 281 g/mol. The van der Waals surface area contributed by atoms with Crippen LogP contribution in [0.15, 0.2) is 41.8 Å². The second-order valence-corrected chi connectivity index (χ2v) is 5.68. The zero-order valence-electron chi connectivity index (χ0n) is 10.2. The Morgan fingerprint density at radius 1 is 1.37 bits per heavy atom. The van der Waals surface area contributed by atoms with Crippen LogP contribution in [0.2, 0.25) is 0 Å². The number of hydrogen-bond acceptors (Lipinski definition) is 5. The van der Waals surface area contributed by atoms with Gasteiger partial charge in [0.15, 0.2) is 0 Å². The van der Waals surface area contributed by atoms with Crippen molar-refractivity contribution in [2.24, 2.45) is 5.73 Å². The lowest BCUT2D eigenvalue weighted by atomic mass is 10.3. The van der Waals surface area contributed by atoms with Gasteiger partial charge in [-0.25, -0.2) is 13.1 Å². The summed E-state index contributed by atoms with van der Waals surface area (Å²) in [5.41, 5.74) is 6.17. The van der Waals surface area contributed by atoms with Crippen LogP contribution in [0.4, 0.5) is 0 Å². The van der Waals surface area contributed by atoms with Gasteiger partial charge in [-0.05, 0) is 11.6 Å². The van der Waals surface area contributed by atoms with Gasteiger partial charge in [0.1, 0.15) is 4.90 Å². The lowest BCUT2D eigenvalue weighted by molar-refractivity contribution is 0.580. The standard InChI is InChI=1S/C11H15N5O2S/c12-3-5-16-9-11(8-14-16)19(17,18)15-7-10-2-1-4-13-6-10/h1-2,4,6,8-9,15H,3,5,7,12H2. The monoisotopic (exact) mass is 281 g/mol. The summed E-state index contributed by atoms with van der Waals surface area (Å²) < 4.78 is 28.0. The number of sulfonamides is 1. The van der Waals surface area contributed by atoms with Crippen molar-refractivity contribution >= 4 is 10.0 Å². The normalized spacial score (nSPS) is 11.6. The smallest absolute Gasteiger partial charge is 0.243 e. The summed E-state index contributed by atoms with van der Waals surface area (Å²) in [6.07, 6.45) is 6.01. The minimum Gasteiger partial charge on any atom is -0.329 e. The van der Waals surface area contributed by atoms with Crippen molar-refractivity contribution in [3.8, 4) is 0 Å². The molecular weight excluding hydrogens is 266 g/mol. The van der Waals surface area contributed by atoms with E-state index in [4.69, 9.17) is 5.73 Å². The molecule has 0 fully saturated rings. The molecule has 0 unspecified atom stereocenters. The molecule has 2 aromatic heterocycles. The van der Waals surface area contributed by atoms with E-state index in [-0.39, 0.29) is 11.4 Å². The van der Waals surface area contributed by atoms with Crippen molar-refractivity contribution in [1.82, 2.24) is 19.5 Å². The fourth-order valence-electron chi connectivity index (χ4n) is 1.50. The third-order valence-corrected chi connectivity index (χ3v) is 3.82. The zero-order valence-corrected chi connectivity index (χ0v) is 11.0. The Kier molecular flexibility index (Phi) is 4.25. The molecular formula is C11H15N5O2S. The molecule has 19 heavy (non-hydrogen) atoms. The highest BCUT2D eigenvalue weighted by Gasteiger charge is 2.15. The fourth-order valence-corrected chi connectivity index (χ4v) is 2.47. The Morgan fingerprint density at radius 2 is 2.21 bits per heavy atom. The van der Waals surface area contributed by atoms with Gasteiger partial charge in [0.25, 0.3) is 0 Å². The molecule has 2 rings (SSSR count). The highest BCUT2D eigenvalue weighted by Crippen LogP contribution is 2.07. The van der Waals surface area contributed by atoms with E-state index in [1.807, 2.05) is 0 Å². The van der Waals surface area contributed by atoms with E-state index >= 15 is 0 Å². The number of hydrogen-bond donors (Lipinski definition) is 2. The first-order valence-corrected chi connectivity index (χ1v) is 7.21. The van der Waals surface area contributed by atoms with Crippen LogP contribution in [0.1, 0.15) is 5.56 Å². The van der Waals surface area contributed by atoms with Gasteiger partial charge in [-0.1, -0.05) is 6.07 Å². The molecule has 3 N–H and O–H groups in total. The Hall–Kier alpha value is -1.77. The number of nitrogens with zero attached hydrogens (tertiary/aromatic N) is 3. The summed E-state index contributed by atoms with van der Waals surface area (Å²) in [7, 11) is -3.56. The SMILES string of the molecule is NCCn1cc(S(=O)(=O)NCc2cccnc2)cn1. The van der Waals surface area contributed by atoms with Crippen molar-refractivity contribution in [3.05, 3.63) is 42.5 Å². The largest absolute Gasteiger partial charge is 0.329 e. The lowest BCUT2D eigenvalue weighted by Gasteiger charge is -2.04. The first kappa shape index (κ1) is 13.7. The van der Waals surface area contributed by atoms with Crippen LogP contribution in [0.5, 0.6) is 0 Å². The van der Waals surface area contributed by atoms with Crippen LogP contribution >= 0.6 is 0 Å². The summed E-state index contributed by atoms with van der Waals surface area (Å²) >= 11 is 0. The molecule has 0 amide bonds. The van der Waals surface area contributed by atoms with Gasteiger partial charge >= 0.3 is 0 Å². The van der Waals surface area contributed by atoms with Crippen LogP contribution in [0.25, 0.3) is 0 Å². The number of nitrogens with one attached hydrogen (secondary N) is 1. The molecule has 0 spiro atoms. The molecule has 102 valence electrons. The highest BCUT2D eigenvalue weighted by molar-refractivity contribution is 7.89. The van der Waals surface area contributed by atoms with Gasteiger partial charge in [0.05, 0.1) is 12.7 Å². The number of pyridine rings is 1. The Balaban J connectivity index is 2.05. The molecule has 0 saturated carbocycles. The van der Waals surface area contributed by atoms with E-state index < -0.39 is 10.0 Å². The summed E-state index contributed by atoms with van der Waals surface area (Å²) in [6, 6.07) is 3.55. The van der Waals surface area contributed by atoms with Gasteiger partial charge in [0, 0.05) is 31.7 Å². The van der Waals surface area contributed by atoms with Crippen molar-refractivity contribution in [3.63, 3.8) is 0 Å². The van der Waals surface area contributed by atoms with Crippen LogP contribution in [-0.2, 0) is 23.1 Å². The van der Waals surface area contributed by atoms with E-state index in [1.165, 1.54) is 17.1 Å². The van der Waals surface area contributed by atoms with E-state index in [0.29, 0.717) is 13.1 Å². The average Bonchev–Trinajstić information content (AvgIpc) is 2.88. The maximum atomic E-state index is 12.0. The van der Waals surface area contributed by atoms with E-state index in [1.54, 1.807) is 24.5 Å². The second-order valence-electron chi connectivity index (χ2n) is 3.91. The minimum absolute atomic E-state index is 0.129. The highest BCUT2D eigenvalue weighted by atomic mass is 32.2. The molecule has 0 saturated heterocycles. The Bertz CT molecular complexity index is 624. The number of rotatable bonds is 6. The molecule has 0 aromatic carbocycles. The molecule has 2 heterocycles. The Labute approximate surface area is 111 Å². The van der Waals surface area contributed by atoms with Gasteiger partial charge < -0.3 is 5.73 Å². The molecule has 0 bridgehead atoms. The third kappa shape index (κ3) is 3.60. The first-order valence-electron chi connectivity index (χ1n) is 5.73. The quantitative estimate of drug-likeness (QED) is 0.757. The van der Waals surface area contributed by atoms with Crippen LogP contribution in [0.3, 0.4) is 0 Å². The molecule has 2 aromatic rings. The van der Waals surface area contributed by atoms with Crippen LogP contribution in [0, 0.1) is 0 Å².